The molecule has 6 heteroatoms. The Morgan fingerprint density at radius 3 is 2.14 bits per heavy atom. The van der Waals surface area contributed by atoms with E-state index >= 15 is 0 Å². The van der Waals surface area contributed by atoms with Gasteiger partial charge in [-0.3, -0.25) is 20.2 Å². The molecule has 0 unspecified atom stereocenters. The van der Waals surface area contributed by atoms with E-state index in [-0.39, 0.29) is 11.4 Å². The standard InChI is InChI=1S/C16H12N2O4/c1-3-11-6-5-7-15(18(21)22)16(11)14-9-8-13(17(19)20)10-12(14)4-2/h3-10H,1-2H2. The normalized spacial score (nSPS) is 10.0. The van der Waals surface area contributed by atoms with E-state index in [0.717, 1.165) is 0 Å². The first kappa shape index (κ1) is 15.1. The van der Waals surface area contributed by atoms with Crippen molar-refractivity contribution in [2.75, 3.05) is 0 Å². The molecule has 2 rings (SSSR count). The minimum Gasteiger partial charge on any atom is -0.258 e. The zero-order chi connectivity index (χ0) is 16.3. The molecule has 0 aliphatic heterocycles. The van der Waals surface area contributed by atoms with Crippen molar-refractivity contribution in [3.05, 3.63) is 80.9 Å². The average molecular weight is 296 g/mol. The number of nitro groups is 2. The van der Waals surface area contributed by atoms with Crippen molar-refractivity contribution < 1.29 is 9.85 Å². The molecule has 0 saturated carbocycles. The molecule has 0 saturated heterocycles. The van der Waals surface area contributed by atoms with E-state index in [1.54, 1.807) is 12.1 Å². The quantitative estimate of drug-likeness (QED) is 0.602. The monoisotopic (exact) mass is 296 g/mol. The molecular formula is C16H12N2O4. The highest BCUT2D eigenvalue weighted by Gasteiger charge is 2.21. The van der Waals surface area contributed by atoms with Crippen molar-refractivity contribution in [3.8, 4) is 11.1 Å². The minimum absolute atomic E-state index is 0.0886. The van der Waals surface area contributed by atoms with Gasteiger partial charge in [0.2, 0.25) is 0 Å². The van der Waals surface area contributed by atoms with Gasteiger partial charge < -0.3 is 0 Å². The predicted molar refractivity (Wildman–Crippen MR) is 85.4 cm³/mol. The smallest absolute Gasteiger partial charge is 0.258 e. The summed E-state index contributed by atoms with van der Waals surface area (Å²) >= 11 is 0. The molecular weight excluding hydrogens is 284 g/mol. The van der Waals surface area contributed by atoms with Crippen molar-refractivity contribution in [2.45, 2.75) is 0 Å². The zero-order valence-electron chi connectivity index (χ0n) is 11.6. The summed E-state index contributed by atoms with van der Waals surface area (Å²) in [7, 11) is 0. The van der Waals surface area contributed by atoms with Gasteiger partial charge in [-0.25, -0.2) is 0 Å². The van der Waals surface area contributed by atoms with Crippen LogP contribution in [0, 0.1) is 20.2 Å². The van der Waals surface area contributed by atoms with Crippen LogP contribution in [0.15, 0.2) is 49.6 Å². The van der Waals surface area contributed by atoms with Crippen LogP contribution in [0.1, 0.15) is 11.1 Å². The van der Waals surface area contributed by atoms with Crippen LogP contribution in [0.2, 0.25) is 0 Å². The fourth-order valence-electron chi connectivity index (χ4n) is 2.23. The van der Waals surface area contributed by atoms with Crippen LogP contribution in [0.4, 0.5) is 11.4 Å². The third-order valence-corrected chi connectivity index (χ3v) is 3.23. The SMILES string of the molecule is C=Cc1cc([N+](=O)[O-])ccc1-c1c(C=C)cccc1[N+](=O)[O-]. The van der Waals surface area contributed by atoms with Crippen molar-refractivity contribution in [2.24, 2.45) is 0 Å². The summed E-state index contributed by atoms with van der Waals surface area (Å²) in [6.07, 6.45) is 2.95. The Bertz CT molecular complexity index is 797. The van der Waals surface area contributed by atoms with E-state index < -0.39 is 9.85 Å². The van der Waals surface area contributed by atoms with Gasteiger partial charge in [0.05, 0.1) is 15.4 Å². The molecule has 6 nitrogen and oxygen atoms in total. The summed E-state index contributed by atoms with van der Waals surface area (Å²) in [5.74, 6) is 0. The van der Waals surface area contributed by atoms with E-state index in [9.17, 15) is 20.2 Å². The van der Waals surface area contributed by atoms with Gasteiger partial charge in [0.15, 0.2) is 0 Å². The fraction of sp³-hybridized carbons (Fsp3) is 0. The molecule has 0 amide bonds. The molecule has 0 aliphatic carbocycles. The van der Waals surface area contributed by atoms with Crippen LogP contribution in [0.3, 0.4) is 0 Å². The highest BCUT2D eigenvalue weighted by atomic mass is 16.6. The number of hydrogen-bond acceptors (Lipinski definition) is 4. The Balaban J connectivity index is 2.81. The molecule has 2 aromatic carbocycles. The number of nitro benzene ring substituents is 2. The van der Waals surface area contributed by atoms with E-state index in [1.807, 2.05) is 0 Å². The molecule has 0 spiro atoms. The summed E-state index contributed by atoms with van der Waals surface area (Å²) < 4.78 is 0. The molecule has 110 valence electrons. The van der Waals surface area contributed by atoms with Crippen LogP contribution in [-0.4, -0.2) is 9.85 Å². The molecule has 0 heterocycles. The van der Waals surface area contributed by atoms with Crippen molar-refractivity contribution in [1.82, 2.24) is 0 Å². The first-order valence-corrected chi connectivity index (χ1v) is 6.30. The minimum atomic E-state index is -0.523. The van der Waals surface area contributed by atoms with Gasteiger partial charge >= 0.3 is 0 Å². The van der Waals surface area contributed by atoms with Gasteiger partial charge in [-0.1, -0.05) is 37.4 Å². The molecule has 2 aromatic rings. The van der Waals surface area contributed by atoms with Crippen LogP contribution in [-0.2, 0) is 0 Å². The largest absolute Gasteiger partial charge is 0.277 e. The van der Waals surface area contributed by atoms with Gasteiger partial charge in [0.1, 0.15) is 0 Å². The second kappa shape index (κ2) is 6.01. The lowest BCUT2D eigenvalue weighted by Crippen LogP contribution is -1.97. The third-order valence-electron chi connectivity index (χ3n) is 3.23. The molecule has 0 bridgehead atoms. The maximum Gasteiger partial charge on any atom is 0.277 e. The number of nitrogens with zero attached hydrogens (tertiary/aromatic N) is 2. The van der Waals surface area contributed by atoms with E-state index in [2.05, 4.69) is 13.2 Å². The lowest BCUT2D eigenvalue weighted by Gasteiger charge is -2.10. The summed E-state index contributed by atoms with van der Waals surface area (Å²) in [6, 6.07) is 8.79. The van der Waals surface area contributed by atoms with Crippen molar-refractivity contribution in [1.29, 1.82) is 0 Å². The van der Waals surface area contributed by atoms with E-state index in [0.29, 0.717) is 22.3 Å². The molecule has 0 aromatic heterocycles. The number of non-ortho nitro benzene ring substituents is 1. The topological polar surface area (TPSA) is 86.3 Å². The van der Waals surface area contributed by atoms with Crippen LogP contribution in [0.25, 0.3) is 23.3 Å². The van der Waals surface area contributed by atoms with Crippen LogP contribution < -0.4 is 0 Å². The first-order chi connectivity index (χ1) is 10.5. The van der Waals surface area contributed by atoms with Gasteiger partial charge in [-0.2, -0.15) is 0 Å². The highest BCUT2D eigenvalue weighted by Crippen LogP contribution is 2.37. The Kier molecular flexibility index (Phi) is 4.13. The Morgan fingerprint density at radius 2 is 1.59 bits per heavy atom. The molecule has 0 radical (unpaired) electrons. The van der Waals surface area contributed by atoms with Crippen molar-refractivity contribution >= 4 is 23.5 Å². The number of benzene rings is 2. The van der Waals surface area contributed by atoms with Crippen LogP contribution in [0.5, 0.6) is 0 Å². The maximum absolute atomic E-state index is 11.3. The van der Waals surface area contributed by atoms with Crippen LogP contribution >= 0.6 is 0 Å². The highest BCUT2D eigenvalue weighted by molar-refractivity contribution is 5.87. The summed E-state index contributed by atoms with van der Waals surface area (Å²) in [5, 5.41) is 22.1. The third kappa shape index (κ3) is 2.62. The van der Waals surface area contributed by atoms with Gasteiger partial charge in [0, 0.05) is 18.2 Å². The molecule has 0 atom stereocenters. The summed E-state index contributed by atoms with van der Waals surface area (Å²) in [5.41, 5.74) is 1.71. The van der Waals surface area contributed by atoms with Crippen molar-refractivity contribution in [3.63, 3.8) is 0 Å². The van der Waals surface area contributed by atoms with Gasteiger partial charge in [-0.15, -0.1) is 0 Å². The lowest BCUT2D eigenvalue weighted by atomic mass is 9.93. The molecule has 0 N–H and O–H groups in total. The van der Waals surface area contributed by atoms with Gasteiger partial charge in [0.25, 0.3) is 11.4 Å². The van der Waals surface area contributed by atoms with E-state index in [4.69, 9.17) is 0 Å². The Morgan fingerprint density at radius 1 is 0.909 bits per heavy atom. The maximum atomic E-state index is 11.3. The average Bonchev–Trinajstić information content (AvgIpc) is 2.53. The Labute approximate surface area is 126 Å². The summed E-state index contributed by atoms with van der Waals surface area (Å²) in [4.78, 5) is 21.1. The fourth-order valence-corrected chi connectivity index (χ4v) is 2.23. The molecule has 0 fully saturated rings. The van der Waals surface area contributed by atoms with Gasteiger partial charge in [-0.05, 0) is 22.8 Å². The second-order valence-corrected chi connectivity index (χ2v) is 4.44. The first-order valence-electron chi connectivity index (χ1n) is 6.30. The molecule has 22 heavy (non-hydrogen) atoms. The summed E-state index contributed by atoms with van der Waals surface area (Å²) in [6.45, 7) is 7.29. The Hall–Kier alpha value is -3.28. The number of hydrogen-bond donors (Lipinski definition) is 0. The predicted octanol–water partition coefficient (Wildman–Crippen LogP) is 4.46. The zero-order valence-corrected chi connectivity index (χ0v) is 11.6. The second-order valence-electron chi connectivity index (χ2n) is 4.44. The number of rotatable bonds is 5. The lowest BCUT2D eigenvalue weighted by molar-refractivity contribution is -0.385. The molecule has 0 aliphatic rings. The van der Waals surface area contributed by atoms with E-state index in [1.165, 1.54) is 36.4 Å².